The van der Waals surface area contributed by atoms with Crippen molar-refractivity contribution in [2.24, 2.45) is 0 Å². The lowest BCUT2D eigenvalue weighted by Crippen LogP contribution is -2.00. The average Bonchev–Trinajstić information content (AvgIpc) is 3.83. The van der Waals surface area contributed by atoms with Gasteiger partial charge in [-0.05, 0) is 90.0 Å². The zero-order chi connectivity index (χ0) is 38.2. The zero-order valence-corrected chi connectivity index (χ0v) is 31.0. The summed E-state index contributed by atoms with van der Waals surface area (Å²) in [5, 5.41) is 4.55. The molecular formula is C52H31N3O3. The summed E-state index contributed by atoms with van der Waals surface area (Å²) < 4.78 is 21.3. The lowest BCUT2D eigenvalue weighted by molar-refractivity contribution is 0.360. The van der Waals surface area contributed by atoms with Crippen LogP contribution in [-0.2, 0) is 0 Å². The van der Waals surface area contributed by atoms with E-state index in [1.54, 1.807) is 0 Å². The molecule has 12 rings (SSSR count). The molecule has 0 atom stereocenters. The average molecular weight is 746 g/mol. The lowest BCUT2D eigenvalue weighted by Gasteiger charge is -2.21. The molecule has 0 amide bonds. The number of nitrogens with zero attached hydrogens (tertiary/aromatic N) is 3. The van der Waals surface area contributed by atoms with E-state index < -0.39 is 0 Å². The van der Waals surface area contributed by atoms with E-state index in [1.165, 1.54) is 10.8 Å². The first-order chi connectivity index (χ1) is 28.7. The molecule has 1 aliphatic heterocycles. The van der Waals surface area contributed by atoms with Gasteiger partial charge in [-0.1, -0.05) is 109 Å². The van der Waals surface area contributed by atoms with Gasteiger partial charge in [-0.15, -0.1) is 0 Å². The van der Waals surface area contributed by atoms with Gasteiger partial charge in [0.1, 0.15) is 11.2 Å². The van der Waals surface area contributed by atoms with Crippen LogP contribution < -0.4 is 9.47 Å². The van der Waals surface area contributed by atoms with Gasteiger partial charge in [0, 0.05) is 43.9 Å². The molecule has 11 aromatic rings. The van der Waals surface area contributed by atoms with Crippen LogP contribution in [0.25, 0.3) is 94.5 Å². The second-order valence-electron chi connectivity index (χ2n) is 14.6. The fourth-order valence-corrected chi connectivity index (χ4v) is 8.31. The van der Waals surface area contributed by atoms with E-state index in [0.29, 0.717) is 28.8 Å². The molecule has 0 radical (unpaired) electrons. The second kappa shape index (κ2) is 12.8. The van der Waals surface area contributed by atoms with Gasteiger partial charge in [0.2, 0.25) is 0 Å². The van der Waals surface area contributed by atoms with Crippen LogP contribution in [0.1, 0.15) is 0 Å². The highest BCUT2D eigenvalue weighted by molar-refractivity contribution is 6.09. The number of para-hydroxylation sites is 5. The highest BCUT2D eigenvalue weighted by Gasteiger charge is 2.21. The molecule has 6 heteroatoms. The van der Waals surface area contributed by atoms with Crippen molar-refractivity contribution >= 4 is 43.7 Å². The smallest absolute Gasteiger partial charge is 0.170 e. The molecule has 1 aliphatic rings. The van der Waals surface area contributed by atoms with E-state index in [0.717, 1.165) is 77.9 Å². The van der Waals surface area contributed by atoms with E-state index in [1.807, 2.05) is 66.7 Å². The van der Waals surface area contributed by atoms with Crippen LogP contribution in [0.4, 0.5) is 0 Å². The van der Waals surface area contributed by atoms with Crippen LogP contribution in [-0.4, -0.2) is 14.5 Å². The fraction of sp³-hybridized carbons (Fsp3) is 0. The molecule has 58 heavy (non-hydrogen) atoms. The van der Waals surface area contributed by atoms with Gasteiger partial charge < -0.3 is 18.5 Å². The second-order valence-corrected chi connectivity index (χ2v) is 14.6. The summed E-state index contributed by atoms with van der Waals surface area (Å²) >= 11 is 0. The third-order valence-corrected chi connectivity index (χ3v) is 11.1. The van der Waals surface area contributed by atoms with Crippen LogP contribution in [0.2, 0.25) is 0 Å². The molecule has 0 aliphatic carbocycles. The first-order valence-electron chi connectivity index (χ1n) is 19.3. The minimum absolute atomic E-state index is 0.639. The number of fused-ring (bicyclic) bond motifs is 8. The molecule has 0 fully saturated rings. The molecule has 0 bridgehead atoms. The molecule has 3 aromatic heterocycles. The van der Waals surface area contributed by atoms with E-state index >= 15 is 0 Å². The molecule has 0 spiro atoms. The molecule has 8 aromatic carbocycles. The fourth-order valence-electron chi connectivity index (χ4n) is 8.31. The SMILES string of the molecule is c1ccc(-c2nc(-c3cc(-c4ccc5c(c4)Oc4ccccc4O5)cc(-n4c5ccccc5c5ccccc54)c3)cc(-c3ccc4c(c3)oc3ccccc34)n2)cc1. The molecular weight excluding hydrogens is 715 g/mol. The number of hydrogen-bond donors (Lipinski definition) is 0. The first-order valence-corrected chi connectivity index (χ1v) is 19.3. The molecule has 272 valence electrons. The zero-order valence-electron chi connectivity index (χ0n) is 31.0. The Balaban J connectivity index is 1.09. The Bertz CT molecular complexity index is 3370. The van der Waals surface area contributed by atoms with Gasteiger partial charge in [0.05, 0.1) is 22.4 Å². The minimum Gasteiger partial charge on any atom is -0.456 e. The Morgan fingerprint density at radius 3 is 1.71 bits per heavy atom. The van der Waals surface area contributed by atoms with Crippen molar-refractivity contribution in [3.63, 3.8) is 0 Å². The Kier molecular flexibility index (Phi) is 7.13. The van der Waals surface area contributed by atoms with E-state index in [2.05, 4.69) is 126 Å². The number of rotatable bonds is 5. The predicted octanol–water partition coefficient (Wildman–Crippen LogP) is 14.0. The van der Waals surface area contributed by atoms with E-state index in [4.69, 9.17) is 23.9 Å². The number of benzene rings is 8. The summed E-state index contributed by atoms with van der Waals surface area (Å²) in [5.74, 6) is 3.37. The Hall–Kier alpha value is -7.96. The van der Waals surface area contributed by atoms with E-state index in [-0.39, 0.29) is 0 Å². The van der Waals surface area contributed by atoms with Crippen molar-refractivity contribution in [3.8, 4) is 73.7 Å². The largest absolute Gasteiger partial charge is 0.456 e. The Morgan fingerprint density at radius 2 is 0.931 bits per heavy atom. The van der Waals surface area contributed by atoms with Crippen molar-refractivity contribution in [3.05, 3.63) is 188 Å². The standard InChI is InChI=1S/C52H31N3O3/c1-2-12-32(13-3-1)52-53-42(34-22-24-41-40-16-6-9-19-46(40)56-50(41)30-34)31-43(54-52)36-26-35(33-23-25-49-51(29-33)58-48-21-11-10-20-47(48)57-49)27-37(28-36)55-44-17-7-4-14-38(44)39-15-5-8-18-45(39)55/h1-31H. The molecule has 0 saturated carbocycles. The summed E-state index contributed by atoms with van der Waals surface area (Å²) in [6, 6.07) is 64.5. The van der Waals surface area contributed by atoms with E-state index in [9.17, 15) is 0 Å². The van der Waals surface area contributed by atoms with Gasteiger partial charge >= 0.3 is 0 Å². The summed E-state index contributed by atoms with van der Waals surface area (Å²) in [5.41, 5.74) is 11.3. The molecule has 6 nitrogen and oxygen atoms in total. The van der Waals surface area contributed by atoms with Gasteiger partial charge in [0.15, 0.2) is 28.8 Å². The van der Waals surface area contributed by atoms with Crippen molar-refractivity contribution in [1.82, 2.24) is 14.5 Å². The van der Waals surface area contributed by atoms with Crippen LogP contribution in [0.5, 0.6) is 23.0 Å². The quantitative estimate of drug-likeness (QED) is 0.176. The van der Waals surface area contributed by atoms with Crippen molar-refractivity contribution < 1.29 is 13.9 Å². The molecule has 4 heterocycles. The maximum atomic E-state index is 6.39. The van der Waals surface area contributed by atoms with Gasteiger partial charge in [0.25, 0.3) is 0 Å². The lowest BCUT2D eigenvalue weighted by atomic mass is 9.98. The topological polar surface area (TPSA) is 62.3 Å². The predicted molar refractivity (Wildman–Crippen MR) is 232 cm³/mol. The van der Waals surface area contributed by atoms with Gasteiger partial charge in [-0.25, -0.2) is 9.97 Å². The monoisotopic (exact) mass is 745 g/mol. The molecule has 0 unspecified atom stereocenters. The highest BCUT2D eigenvalue weighted by atomic mass is 16.6. The normalized spacial score (nSPS) is 12.1. The van der Waals surface area contributed by atoms with Gasteiger partial charge in [-0.2, -0.15) is 0 Å². The van der Waals surface area contributed by atoms with Crippen LogP contribution in [0.3, 0.4) is 0 Å². The van der Waals surface area contributed by atoms with Crippen LogP contribution in [0.15, 0.2) is 192 Å². The summed E-state index contributed by atoms with van der Waals surface area (Å²) in [6.45, 7) is 0. The maximum Gasteiger partial charge on any atom is 0.170 e. The first kappa shape index (κ1) is 32.3. The van der Waals surface area contributed by atoms with Crippen LogP contribution >= 0.6 is 0 Å². The molecule has 0 N–H and O–H groups in total. The van der Waals surface area contributed by atoms with Crippen molar-refractivity contribution in [2.45, 2.75) is 0 Å². The number of hydrogen-bond acceptors (Lipinski definition) is 5. The number of aromatic nitrogens is 3. The summed E-state index contributed by atoms with van der Waals surface area (Å²) in [4.78, 5) is 10.5. The van der Waals surface area contributed by atoms with Crippen LogP contribution in [0, 0.1) is 0 Å². The number of ether oxygens (including phenoxy) is 2. The number of furan rings is 1. The maximum absolute atomic E-state index is 6.39. The third kappa shape index (κ3) is 5.27. The summed E-state index contributed by atoms with van der Waals surface area (Å²) in [7, 11) is 0. The highest BCUT2D eigenvalue weighted by Crippen LogP contribution is 2.47. The Morgan fingerprint density at radius 1 is 0.345 bits per heavy atom. The molecule has 0 saturated heterocycles. The minimum atomic E-state index is 0.639. The van der Waals surface area contributed by atoms with Gasteiger partial charge in [-0.3, -0.25) is 0 Å². The Labute approximate surface area is 332 Å². The third-order valence-electron chi connectivity index (χ3n) is 11.1. The summed E-state index contributed by atoms with van der Waals surface area (Å²) in [6.07, 6.45) is 0. The van der Waals surface area contributed by atoms with Crippen molar-refractivity contribution in [2.75, 3.05) is 0 Å². The van der Waals surface area contributed by atoms with Crippen molar-refractivity contribution in [1.29, 1.82) is 0 Å².